The zero-order chi connectivity index (χ0) is 16.4. The van der Waals surface area contributed by atoms with E-state index in [1.807, 2.05) is 12.1 Å². The summed E-state index contributed by atoms with van der Waals surface area (Å²) in [6.07, 6.45) is 4.34. The Morgan fingerprint density at radius 1 is 1.39 bits per heavy atom. The highest BCUT2D eigenvalue weighted by Crippen LogP contribution is 2.48. The molecule has 0 aliphatic heterocycles. The zero-order valence-electron chi connectivity index (χ0n) is 13.6. The first-order chi connectivity index (χ1) is 11.0. The molecule has 3 rings (SSSR count). The van der Waals surface area contributed by atoms with E-state index in [1.54, 1.807) is 18.0 Å². The van der Waals surface area contributed by atoms with E-state index in [-0.39, 0.29) is 29.3 Å². The third-order valence-electron chi connectivity index (χ3n) is 5.35. The standard InChI is InChI=1S/C18H25FN2O2/c1-21(11-13-5-4-8-16(13)22)17(23)20-12-18(9-10-18)14-6-2-3-7-15(14)19/h2-3,6-7,13,16,22H,4-5,8-12H2,1H3,(H,20,23). The Kier molecular flexibility index (Phi) is 4.57. The van der Waals surface area contributed by atoms with Crippen LogP contribution in [0.1, 0.15) is 37.7 Å². The molecule has 2 saturated carbocycles. The Morgan fingerprint density at radius 3 is 2.74 bits per heavy atom. The minimum absolute atomic E-state index is 0.147. The van der Waals surface area contributed by atoms with E-state index in [4.69, 9.17) is 0 Å². The maximum Gasteiger partial charge on any atom is 0.317 e. The number of rotatable bonds is 5. The molecule has 0 spiro atoms. The van der Waals surface area contributed by atoms with Crippen LogP contribution in [0.5, 0.6) is 0 Å². The molecule has 0 bridgehead atoms. The van der Waals surface area contributed by atoms with Crippen LogP contribution >= 0.6 is 0 Å². The predicted molar refractivity (Wildman–Crippen MR) is 86.7 cm³/mol. The second kappa shape index (κ2) is 6.48. The number of benzene rings is 1. The van der Waals surface area contributed by atoms with E-state index in [2.05, 4.69) is 5.32 Å². The van der Waals surface area contributed by atoms with Gasteiger partial charge >= 0.3 is 6.03 Å². The zero-order valence-corrected chi connectivity index (χ0v) is 13.6. The van der Waals surface area contributed by atoms with Gasteiger partial charge in [0.05, 0.1) is 6.10 Å². The Bertz CT molecular complexity index is 574. The Morgan fingerprint density at radius 2 is 2.13 bits per heavy atom. The smallest absolute Gasteiger partial charge is 0.317 e. The van der Waals surface area contributed by atoms with Gasteiger partial charge in [-0.05, 0) is 37.3 Å². The number of aliphatic hydroxyl groups excluding tert-OH is 1. The summed E-state index contributed by atoms with van der Waals surface area (Å²) in [6.45, 7) is 1.03. The van der Waals surface area contributed by atoms with Crippen LogP contribution in [0.3, 0.4) is 0 Å². The van der Waals surface area contributed by atoms with Crippen molar-refractivity contribution in [1.29, 1.82) is 0 Å². The summed E-state index contributed by atoms with van der Waals surface area (Å²) >= 11 is 0. The highest BCUT2D eigenvalue weighted by atomic mass is 19.1. The van der Waals surface area contributed by atoms with E-state index in [9.17, 15) is 14.3 Å². The molecule has 2 amide bonds. The number of urea groups is 1. The number of nitrogens with one attached hydrogen (secondary N) is 1. The fourth-order valence-electron chi connectivity index (χ4n) is 3.63. The molecule has 126 valence electrons. The summed E-state index contributed by atoms with van der Waals surface area (Å²) in [6, 6.07) is 6.67. The molecule has 5 heteroatoms. The van der Waals surface area contributed by atoms with Crippen LogP contribution in [0, 0.1) is 11.7 Å². The first-order valence-electron chi connectivity index (χ1n) is 8.44. The van der Waals surface area contributed by atoms with Crippen molar-refractivity contribution in [2.24, 2.45) is 5.92 Å². The van der Waals surface area contributed by atoms with Crippen LogP contribution in [0.4, 0.5) is 9.18 Å². The van der Waals surface area contributed by atoms with Crippen molar-refractivity contribution >= 4 is 6.03 Å². The first kappa shape index (κ1) is 16.2. The van der Waals surface area contributed by atoms with Crippen LogP contribution in [-0.4, -0.2) is 42.3 Å². The van der Waals surface area contributed by atoms with Crippen LogP contribution in [-0.2, 0) is 5.41 Å². The van der Waals surface area contributed by atoms with Crippen LogP contribution in [0.15, 0.2) is 24.3 Å². The fraction of sp³-hybridized carbons (Fsp3) is 0.611. The highest BCUT2D eigenvalue weighted by molar-refractivity contribution is 5.74. The van der Waals surface area contributed by atoms with E-state index < -0.39 is 0 Å². The van der Waals surface area contributed by atoms with Crippen LogP contribution < -0.4 is 5.32 Å². The Hall–Kier alpha value is -1.62. The molecule has 2 unspecified atom stereocenters. The highest BCUT2D eigenvalue weighted by Gasteiger charge is 2.46. The number of carbonyl (C=O) groups excluding carboxylic acids is 1. The van der Waals surface area contributed by atoms with E-state index >= 15 is 0 Å². The molecule has 1 aromatic rings. The molecule has 0 heterocycles. The van der Waals surface area contributed by atoms with Crippen molar-refractivity contribution in [2.75, 3.05) is 20.1 Å². The van der Waals surface area contributed by atoms with Crippen molar-refractivity contribution in [3.63, 3.8) is 0 Å². The minimum atomic E-state index is -0.293. The fourth-order valence-corrected chi connectivity index (χ4v) is 3.63. The lowest BCUT2D eigenvalue weighted by molar-refractivity contribution is 0.114. The van der Waals surface area contributed by atoms with Crippen LogP contribution in [0.2, 0.25) is 0 Å². The first-order valence-corrected chi connectivity index (χ1v) is 8.44. The summed E-state index contributed by atoms with van der Waals surface area (Å²) in [4.78, 5) is 13.9. The van der Waals surface area contributed by atoms with Gasteiger partial charge in [-0.3, -0.25) is 0 Å². The monoisotopic (exact) mass is 320 g/mol. The quantitative estimate of drug-likeness (QED) is 0.876. The summed E-state index contributed by atoms with van der Waals surface area (Å²) < 4.78 is 14.0. The van der Waals surface area contributed by atoms with Crippen molar-refractivity contribution in [1.82, 2.24) is 10.2 Å². The molecule has 0 aromatic heterocycles. The largest absolute Gasteiger partial charge is 0.393 e. The molecule has 23 heavy (non-hydrogen) atoms. The Balaban J connectivity index is 1.53. The molecule has 2 fully saturated rings. The molecule has 0 saturated heterocycles. The second-order valence-electron chi connectivity index (χ2n) is 7.06. The van der Waals surface area contributed by atoms with Crippen molar-refractivity contribution in [2.45, 2.75) is 43.6 Å². The summed E-state index contributed by atoms with van der Waals surface area (Å²) in [5, 5.41) is 12.8. The molecule has 0 radical (unpaired) electrons. The van der Waals surface area contributed by atoms with Crippen molar-refractivity contribution < 1.29 is 14.3 Å². The molecular formula is C18H25FN2O2. The third-order valence-corrected chi connectivity index (χ3v) is 5.35. The molecular weight excluding hydrogens is 295 g/mol. The number of hydrogen-bond donors (Lipinski definition) is 2. The molecule has 2 atom stereocenters. The summed E-state index contributed by atoms with van der Waals surface area (Å²) in [5.41, 5.74) is 0.462. The lowest BCUT2D eigenvalue weighted by Crippen LogP contribution is -2.43. The number of aliphatic hydroxyl groups is 1. The summed E-state index contributed by atoms with van der Waals surface area (Å²) in [5.74, 6) is -0.0196. The molecule has 2 aliphatic carbocycles. The van der Waals surface area contributed by atoms with Crippen LogP contribution in [0.25, 0.3) is 0 Å². The van der Waals surface area contributed by atoms with E-state index in [0.717, 1.165) is 32.1 Å². The molecule has 1 aromatic carbocycles. The Labute approximate surface area is 136 Å². The maximum absolute atomic E-state index is 14.0. The van der Waals surface area contributed by atoms with Gasteiger partial charge in [0.25, 0.3) is 0 Å². The van der Waals surface area contributed by atoms with Gasteiger partial charge in [-0.2, -0.15) is 0 Å². The van der Waals surface area contributed by atoms with Gasteiger partial charge in [-0.1, -0.05) is 24.6 Å². The average Bonchev–Trinajstić information content (AvgIpc) is 3.23. The number of carbonyl (C=O) groups is 1. The summed E-state index contributed by atoms with van der Waals surface area (Å²) in [7, 11) is 1.75. The number of hydrogen-bond acceptors (Lipinski definition) is 2. The lowest BCUT2D eigenvalue weighted by Gasteiger charge is -2.25. The normalized spacial score (nSPS) is 25.2. The van der Waals surface area contributed by atoms with E-state index in [0.29, 0.717) is 18.7 Å². The SMILES string of the molecule is CN(CC1CCCC1O)C(=O)NCC1(c2ccccc2F)CC1. The molecule has 2 N–H and O–H groups in total. The average molecular weight is 320 g/mol. The van der Waals surface area contributed by atoms with E-state index in [1.165, 1.54) is 6.07 Å². The maximum atomic E-state index is 14.0. The van der Waals surface area contributed by atoms with Crippen molar-refractivity contribution in [3.05, 3.63) is 35.6 Å². The van der Waals surface area contributed by atoms with Gasteiger partial charge in [0.1, 0.15) is 5.82 Å². The lowest BCUT2D eigenvalue weighted by atomic mass is 9.95. The number of amides is 2. The second-order valence-corrected chi connectivity index (χ2v) is 7.06. The van der Waals surface area contributed by atoms with Gasteiger partial charge in [-0.25, -0.2) is 9.18 Å². The van der Waals surface area contributed by atoms with Gasteiger partial charge < -0.3 is 15.3 Å². The molecule has 4 nitrogen and oxygen atoms in total. The van der Waals surface area contributed by atoms with Gasteiger partial charge in [0, 0.05) is 31.5 Å². The number of halogens is 1. The van der Waals surface area contributed by atoms with Gasteiger partial charge in [0.15, 0.2) is 0 Å². The van der Waals surface area contributed by atoms with Gasteiger partial charge in [0.2, 0.25) is 0 Å². The number of nitrogens with zero attached hydrogens (tertiary/aromatic N) is 1. The minimum Gasteiger partial charge on any atom is -0.393 e. The third kappa shape index (κ3) is 3.50. The molecule has 2 aliphatic rings. The van der Waals surface area contributed by atoms with Crippen molar-refractivity contribution in [3.8, 4) is 0 Å². The predicted octanol–water partition coefficient (Wildman–Crippen LogP) is 2.66. The topological polar surface area (TPSA) is 52.6 Å². The van der Waals surface area contributed by atoms with Gasteiger partial charge in [-0.15, -0.1) is 0 Å².